The van der Waals surface area contributed by atoms with Crippen molar-refractivity contribution in [1.82, 2.24) is 5.43 Å². The quantitative estimate of drug-likeness (QED) is 0.627. The van der Waals surface area contributed by atoms with E-state index >= 15 is 0 Å². The maximum Gasteiger partial charge on any atom is 0.126 e. The van der Waals surface area contributed by atoms with Crippen molar-refractivity contribution < 1.29 is 13.5 Å². The number of hydrogen-bond donors (Lipinski definition) is 2. The van der Waals surface area contributed by atoms with Crippen LogP contribution in [0, 0.1) is 11.6 Å². The third kappa shape index (κ3) is 3.78. The SMILES string of the molecule is CCOC1(C(Cc2cc(F)ccc2F)NN)CCCCC1. The van der Waals surface area contributed by atoms with Gasteiger partial charge in [-0.15, -0.1) is 0 Å². The second-order valence-corrected chi connectivity index (χ2v) is 5.72. The molecule has 1 aromatic rings. The van der Waals surface area contributed by atoms with Gasteiger partial charge in [0.05, 0.1) is 11.6 Å². The highest BCUT2D eigenvalue weighted by atomic mass is 19.1. The maximum atomic E-state index is 13.9. The summed E-state index contributed by atoms with van der Waals surface area (Å²) >= 11 is 0. The number of hydrazine groups is 1. The highest BCUT2D eigenvalue weighted by Crippen LogP contribution is 2.36. The Balaban J connectivity index is 2.22. The lowest BCUT2D eigenvalue weighted by atomic mass is 9.77. The van der Waals surface area contributed by atoms with Gasteiger partial charge >= 0.3 is 0 Å². The van der Waals surface area contributed by atoms with Crippen LogP contribution in [-0.2, 0) is 11.2 Å². The predicted molar refractivity (Wildman–Crippen MR) is 78.6 cm³/mol. The highest BCUT2D eigenvalue weighted by Gasteiger charge is 2.40. The van der Waals surface area contributed by atoms with Gasteiger partial charge in [0.1, 0.15) is 11.6 Å². The van der Waals surface area contributed by atoms with Crippen LogP contribution in [0.3, 0.4) is 0 Å². The van der Waals surface area contributed by atoms with Crippen LogP contribution in [0.1, 0.15) is 44.6 Å². The Kier molecular flexibility index (Phi) is 5.67. The third-order valence-corrected chi connectivity index (χ3v) is 4.40. The molecule has 2 rings (SSSR count). The van der Waals surface area contributed by atoms with E-state index in [9.17, 15) is 8.78 Å². The van der Waals surface area contributed by atoms with Crippen molar-refractivity contribution in [2.45, 2.75) is 57.1 Å². The van der Waals surface area contributed by atoms with E-state index in [0.717, 1.165) is 37.8 Å². The van der Waals surface area contributed by atoms with Gasteiger partial charge in [-0.1, -0.05) is 19.3 Å². The van der Waals surface area contributed by atoms with Gasteiger partial charge in [-0.05, 0) is 49.9 Å². The maximum absolute atomic E-state index is 13.9. The van der Waals surface area contributed by atoms with Crippen molar-refractivity contribution in [3.05, 3.63) is 35.4 Å². The Labute approximate surface area is 124 Å². The molecule has 1 atom stereocenters. The zero-order valence-electron chi connectivity index (χ0n) is 12.5. The van der Waals surface area contributed by atoms with Gasteiger partial charge in [0.15, 0.2) is 0 Å². The van der Waals surface area contributed by atoms with Gasteiger partial charge in [-0.2, -0.15) is 0 Å². The normalized spacial score (nSPS) is 19.4. The molecular weight excluding hydrogens is 274 g/mol. The largest absolute Gasteiger partial charge is 0.374 e. The second-order valence-electron chi connectivity index (χ2n) is 5.72. The molecule has 0 amide bonds. The van der Waals surface area contributed by atoms with Crippen molar-refractivity contribution >= 4 is 0 Å². The number of nitrogens with one attached hydrogen (secondary N) is 1. The van der Waals surface area contributed by atoms with Gasteiger partial charge in [-0.25, -0.2) is 8.78 Å². The lowest BCUT2D eigenvalue weighted by molar-refractivity contribution is -0.0899. The zero-order chi connectivity index (χ0) is 15.3. The van der Waals surface area contributed by atoms with Crippen LogP contribution in [0.25, 0.3) is 0 Å². The minimum atomic E-state index is -0.434. The third-order valence-electron chi connectivity index (χ3n) is 4.40. The summed E-state index contributed by atoms with van der Waals surface area (Å²) in [5, 5.41) is 0. The van der Waals surface area contributed by atoms with Crippen LogP contribution in [0.4, 0.5) is 8.78 Å². The summed E-state index contributed by atoms with van der Waals surface area (Å²) in [5.74, 6) is 4.87. The molecule has 118 valence electrons. The molecule has 1 fully saturated rings. The van der Waals surface area contributed by atoms with E-state index in [0.29, 0.717) is 18.6 Å². The summed E-state index contributed by atoms with van der Waals surface area (Å²) in [4.78, 5) is 0. The first kappa shape index (κ1) is 16.3. The Bertz CT molecular complexity index is 456. The number of ether oxygens (including phenoxy) is 1. The van der Waals surface area contributed by atoms with Gasteiger partial charge in [0, 0.05) is 6.61 Å². The molecule has 3 nitrogen and oxygen atoms in total. The number of benzene rings is 1. The average molecular weight is 298 g/mol. The molecule has 0 radical (unpaired) electrons. The molecule has 0 aromatic heterocycles. The van der Waals surface area contributed by atoms with Crippen molar-refractivity contribution in [3.63, 3.8) is 0 Å². The van der Waals surface area contributed by atoms with Crippen LogP contribution in [0.2, 0.25) is 0 Å². The minimum Gasteiger partial charge on any atom is -0.374 e. The molecule has 3 N–H and O–H groups in total. The Morgan fingerprint density at radius 1 is 1.29 bits per heavy atom. The van der Waals surface area contributed by atoms with Gasteiger partial charge in [0.2, 0.25) is 0 Å². The first-order valence-corrected chi connectivity index (χ1v) is 7.65. The van der Waals surface area contributed by atoms with Crippen LogP contribution in [0.5, 0.6) is 0 Å². The topological polar surface area (TPSA) is 47.3 Å². The van der Waals surface area contributed by atoms with E-state index in [4.69, 9.17) is 10.6 Å². The van der Waals surface area contributed by atoms with E-state index in [2.05, 4.69) is 5.43 Å². The lowest BCUT2D eigenvalue weighted by Gasteiger charge is -2.43. The van der Waals surface area contributed by atoms with Crippen LogP contribution in [-0.4, -0.2) is 18.2 Å². The molecule has 21 heavy (non-hydrogen) atoms. The Morgan fingerprint density at radius 3 is 2.62 bits per heavy atom. The Hall–Kier alpha value is -1.04. The predicted octanol–water partition coefficient (Wildman–Crippen LogP) is 3.08. The average Bonchev–Trinajstić information content (AvgIpc) is 2.49. The Morgan fingerprint density at radius 2 is 2.00 bits per heavy atom. The summed E-state index contributed by atoms with van der Waals surface area (Å²) in [6, 6.07) is 3.30. The molecule has 1 saturated carbocycles. The molecule has 0 aliphatic heterocycles. The van der Waals surface area contributed by atoms with Crippen LogP contribution >= 0.6 is 0 Å². The summed E-state index contributed by atoms with van der Waals surface area (Å²) < 4.78 is 33.2. The molecule has 5 heteroatoms. The molecular formula is C16H24F2N2O. The number of halogens is 2. The highest BCUT2D eigenvalue weighted by molar-refractivity contribution is 5.21. The molecule has 0 spiro atoms. The summed E-state index contributed by atoms with van der Waals surface area (Å²) in [6.45, 7) is 2.54. The second kappa shape index (κ2) is 7.29. The molecule has 0 saturated heterocycles. The van der Waals surface area contributed by atoms with Gasteiger partial charge < -0.3 is 4.74 Å². The first-order valence-electron chi connectivity index (χ1n) is 7.65. The fraction of sp³-hybridized carbons (Fsp3) is 0.625. The molecule has 1 unspecified atom stereocenters. The van der Waals surface area contributed by atoms with E-state index in [-0.39, 0.29) is 11.6 Å². The summed E-state index contributed by atoms with van der Waals surface area (Å²) in [6.07, 6.45) is 5.44. The number of nitrogens with two attached hydrogens (primary N) is 1. The van der Waals surface area contributed by atoms with E-state index in [1.165, 1.54) is 12.5 Å². The van der Waals surface area contributed by atoms with E-state index in [1.807, 2.05) is 6.92 Å². The first-order chi connectivity index (χ1) is 10.1. The smallest absolute Gasteiger partial charge is 0.126 e. The molecule has 1 aromatic carbocycles. The minimum absolute atomic E-state index is 0.228. The number of rotatable bonds is 6. The van der Waals surface area contributed by atoms with Crippen molar-refractivity contribution in [2.24, 2.45) is 5.84 Å². The standard InChI is InChI=1S/C16H24F2N2O/c1-2-21-16(8-4-3-5-9-16)15(20-19)11-12-10-13(17)6-7-14(12)18/h6-7,10,15,20H,2-5,8-9,11,19H2,1H3. The van der Waals surface area contributed by atoms with E-state index < -0.39 is 11.6 Å². The monoisotopic (exact) mass is 298 g/mol. The van der Waals surface area contributed by atoms with Crippen molar-refractivity contribution in [2.75, 3.05) is 6.61 Å². The molecule has 0 heterocycles. The zero-order valence-corrected chi connectivity index (χ0v) is 12.5. The number of hydrogen-bond acceptors (Lipinski definition) is 3. The van der Waals surface area contributed by atoms with Crippen LogP contribution in [0.15, 0.2) is 18.2 Å². The van der Waals surface area contributed by atoms with Crippen molar-refractivity contribution in [3.8, 4) is 0 Å². The summed E-state index contributed by atoms with van der Waals surface area (Å²) in [7, 11) is 0. The molecule has 1 aliphatic carbocycles. The van der Waals surface area contributed by atoms with E-state index in [1.54, 1.807) is 0 Å². The summed E-state index contributed by atoms with van der Waals surface area (Å²) in [5.41, 5.74) is 2.73. The molecule has 1 aliphatic rings. The van der Waals surface area contributed by atoms with Gasteiger partial charge in [0.25, 0.3) is 0 Å². The fourth-order valence-corrected chi connectivity index (χ4v) is 3.35. The van der Waals surface area contributed by atoms with Crippen LogP contribution < -0.4 is 11.3 Å². The fourth-order valence-electron chi connectivity index (χ4n) is 3.35. The van der Waals surface area contributed by atoms with Crippen molar-refractivity contribution in [1.29, 1.82) is 0 Å². The molecule has 0 bridgehead atoms. The van der Waals surface area contributed by atoms with Gasteiger partial charge in [-0.3, -0.25) is 11.3 Å². The lowest BCUT2D eigenvalue weighted by Crippen LogP contribution is -2.57.